The van der Waals surface area contributed by atoms with Crippen LogP contribution >= 0.6 is 0 Å². The maximum Gasteiger partial charge on any atom is 0.193 e. The van der Waals surface area contributed by atoms with Crippen LogP contribution in [0.1, 0.15) is 34.3 Å². The third-order valence-electron chi connectivity index (χ3n) is 3.68. The van der Waals surface area contributed by atoms with E-state index < -0.39 is 0 Å². The van der Waals surface area contributed by atoms with Gasteiger partial charge in [-0.1, -0.05) is 0 Å². The molecule has 0 spiro atoms. The minimum Gasteiger partial charge on any atom is -0.508 e. The number of ether oxygens (including phenoxy) is 1. The van der Waals surface area contributed by atoms with Crippen molar-refractivity contribution in [1.29, 1.82) is 0 Å². The average molecular weight is 284 g/mol. The zero-order valence-electron chi connectivity index (χ0n) is 11.5. The van der Waals surface area contributed by atoms with Crippen LogP contribution in [-0.4, -0.2) is 22.6 Å². The Hall–Kier alpha value is -2.49. The number of ketones is 1. The molecule has 0 amide bonds. The molecule has 3 rings (SSSR count). The molecule has 1 heterocycles. The fourth-order valence-electron chi connectivity index (χ4n) is 2.58. The number of fused-ring (bicyclic) bond motifs is 1. The average Bonchev–Trinajstić information content (AvgIpc) is 2.74. The Labute approximate surface area is 122 Å². The van der Waals surface area contributed by atoms with E-state index in [-0.39, 0.29) is 17.3 Å². The van der Waals surface area contributed by atoms with Crippen LogP contribution in [0, 0.1) is 0 Å². The number of phenolic OH excluding ortho intramolecular Hbond substituents is 2. The molecule has 21 heavy (non-hydrogen) atoms. The van der Waals surface area contributed by atoms with Crippen molar-refractivity contribution < 1.29 is 19.7 Å². The van der Waals surface area contributed by atoms with Gasteiger partial charge in [-0.15, -0.1) is 0 Å². The van der Waals surface area contributed by atoms with Gasteiger partial charge in [-0.05, 0) is 55.7 Å². The Bertz CT molecular complexity index is 674. The van der Waals surface area contributed by atoms with Gasteiger partial charge in [0.05, 0.1) is 6.61 Å². The van der Waals surface area contributed by atoms with Crippen LogP contribution in [-0.2, 0) is 6.42 Å². The van der Waals surface area contributed by atoms with Crippen LogP contribution in [0.25, 0.3) is 0 Å². The summed E-state index contributed by atoms with van der Waals surface area (Å²) in [6.07, 6.45) is 2.54. The van der Waals surface area contributed by atoms with Crippen molar-refractivity contribution in [1.82, 2.24) is 0 Å². The highest BCUT2D eigenvalue weighted by Gasteiger charge is 2.21. The number of benzene rings is 2. The molecule has 4 heteroatoms. The predicted octanol–water partition coefficient (Wildman–Crippen LogP) is 3.04. The molecule has 0 fully saturated rings. The second-order valence-electron chi connectivity index (χ2n) is 5.12. The first-order valence-corrected chi connectivity index (χ1v) is 6.98. The molecule has 4 nitrogen and oxygen atoms in total. The van der Waals surface area contributed by atoms with Crippen molar-refractivity contribution in [2.45, 2.75) is 19.3 Å². The lowest BCUT2D eigenvalue weighted by molar-refractivity contribution is 0.103. The maximum absolute atomic E-state index is 12.6. The molecule has 0 saturated carbocycles. The molecule has 0 bridgehead atoms. The zero-order chi connectivity index (χ0) is 14.8. The van der Waals surface area contributed by atoms with Crippen molar-refractivity contribution in [3.63, 3.8) is 0 Å². The lowest BCUT2D eigenvalue weighted by Gasteiger charge is -2.13. The van der Waals surface area contributed by atoms with Crippen molar-refractivity contribution in [3.05, 3.63) is 53.1 Å². The molecule has 1 aliphatic rings. The molecular formula is C17H16O4. The summed E-state index contributed by atoms with van der Waals surface area (Å²) in [7, 11) is 0. The second-order valence-corrected chi connectivity index (χ2v) is 5.12. The standard InChI is InChI=1S/C17H16O4/c18-12-6-4-11(5-7-12)16(20)13-8-9-15(19)17-14(13)3-1-2-10-21-17/h4-9,18-19H,1-3,10H2. The van der Waals surface area contributed by atoms with E-state index in [2.05, 4.69) is 0 Å². The molecular weight excluding hydrogens is 268 g/mol. The Morgan fingerprint density at radius 3 is 2.52 bits per heavy atom. The summed E-state index contributed by atoms with van der Waals surface area (Å²) >= 11 is 0. The van der Waals surface area contributed by atoms with E-state index in [1.54, 1.807) is 18.2 Å². The minimum atomic E-state index is -0.128. The number of carbonyl (C=O) groups is 1. The van der Waals surface area contributed by atoms with Gasteiger partial charge >= 0.3 is 0 Å². The summed E-state index contributed by atoms with van der Waals surface area (Å²) < 4.78 is 5.58. The first kappa shape index (κ1) is 13.5. The number of hydrogen-bond donors (Lipinski definition) is 2. The predicted molar refractivity (Wildman–Crippen MR) is 78.1 cm³/mol. The number of hydrogen-bond acceptors (Lipinski definition) is 4. The Morgan fingerprint density at radius 2 is 1.76 bits per heavy atom. The third kappa shape index (κ3) is 2.57. The molecule has 1 aliphatic heterocycles. The highest BCUT2D eigenvalue weighted by atomic mass is 16.5. The first-order valence-electron chi connectivity index (χ1n) is 6.98. The van der Waals surface area contributed by atoms with Gasteiger partial charge in [0.2, 0.25) is 0 Å². The molecule has 0 saturated heterocycles. The number of carbonyl (C=O) groups excluding carboxylic acids is 1. The van der Waals surface area contributed by atoms with Crippen LogP contribution in [0.4, 0.5) is 0 Å². The second kappa shape index (κ2) is 5.48. The van der Waals surface area contributed by atoms with Crippen LogP contribution in [0.5, 0.6) is 17.2 Å². The highest BCUT2D eigenvalue weighted by Crippen LogP contribution is 2.36. The number of aromatic hydroxyl groups is 2. The lowest BCUT2D eigenvalue weighted by atomic mass is 9.94. The van der Waals surface area contributed by atoms with Crippen LogP contribution in [0.3, 0.4) is 0 Å². The Morgan fingerprint density at radius 1 is 1.00 bits per heavy atom. The molecule has 2 aromatic carbocycles. The smallest absolute Gasteiger partial charge is 0.193 e. The van der Waals surface area contributed by atoms with E-state index in [0.717, 1.165) is 18.4 Å². The third-order valence-corrected chi connectivity index (χ3v) is 3.68. The first-order chi connectivity index (χ1) is 10.2. The number of phenols is 2. The summed E-state index contributed by atoms with van der Waals surface area (Å²) in [5.41, 5.74) is 1.82. The molecule has 0 radical (unpaired) electrons. The minimum absolute atomic E-state index is 0.0779. The van der Waals surface area contributed by atoms with Gasteiger partial charge in [0.15, 0.2) is 17.3 Å². The van der Waals surface area contributed by atoms with E-state index in [4.69, 9.17) is 4.74 Å². The van der Waals surface area contributed by atoms with Crippen molar-refractivity contribution >= 4 is 5.78 Å². The van der Waals surface area contributed by atoms with Gasteiger partial charge in [0, 0.05) is 16.7 Å². The van der Waals surface area contributed by atoms with Crippen molar-refractivity contribution in [2.75, 3.05) is 6.61 Å². The molecule has 0 atom stereocenters. The summed E-state index contributed by atoms with van der Waals surface area (Å²) in [6, 6.07) is 9.30. The molecule has 2 N–H and O–H groups in total. The summed E-state index contributed by atoms with van der Waals surface area (Å²) in [6.45, 7) is 0.553. The molecule has 0 aliphatic carbocycles. The van der Waals surface area contributed by atoms with Crippen molar-refractivity contribution in [2.24, 2.45) is 0 Å². The highest BCUT2D eigenvalue weighted by molar-refractivity contribution is 6.10. The van der Waals surface area contributed by atoms with Crippen molar-refractivity contribution in [3.8, 4) is 17.2 Å². The van der Waals surface area contributed by atoms with Crippen LogP contribution in [0.2, 0.25) is 0 Å². The van der Waals surface area contributed by atoms with Gasteiger partial charge in [-0.3, -0.25) is 4.79 Å². The quantitative estimate of drug-likeness (QED) is 0.832. The van der Waals surface area contributed by atoms with Gasteiger partial charge in [0.25, 0.3) is 0 Å². The Balaban J connectivity index is 2.06. The van der Waals surface area contributed by atoms with Gasteiger partial charge in [-0.25, -0.2) is 0 Å². The van der Waals surface area contributed by atoms with Gasteiger partial charge < -0.3 is 14.9 Å². The van der Waals surface area contributed by atoms with Gasteiger partial charge in [-0.2, -0.15) is 0 Å². The van der Waals surface area contributed by atoms with E-state index in [1.165, 1.54) is 18.2 Å². The van der Waals surface area contributed by atoms with Crippen LogP contribution in [0.15, 0.2) is 36.4 Å². The summed E-state index contributed by atoms with van der Waals surface area (Å²) in [5.74, 6) is 0.502. The van der Waals surface area contributed by atoms with E-state index in [1.807, 2.05) is 0 Å². The van der Waals surface area contributed by atoms with E-state index in [9.17, 15) is 15.0 Å². The maximum atomic E-state index is 12.6. The van der Waals surface area contributed by atoms with Gasteiger partial charge in [0.1, 0.15) is 5.75 Å². The summed E-state index contributed by atoms with van der Waals surface area (Å²) in [4.78, 5) is 12.6. The fourth-order valence-corrected chi connectivity index (χ4v) is 2.58. The largest absolute Gasteiger partial charge is 0.508 e. The lowest BCUT2D eigenvalue weighted by Crippen LogP contribution is -2.06. The molecule has 2 aromatic rings. The van der Waals surface area contributed by atoms with Crippen LogP contribution < -0.4 is 4.74 Å². The number of rotatable bonds is 2. The molecule has 108 valence electrons. The summed E-state index contributed by atoms with van der Waals surface area (Å²) in [5, 5.41) is 19.2. The topological polar surface area (TPSA) is 66.8 Å². The SMILES string of the molecule is O=C(c1ccc(O)cc1)c1ccc(O)c2c1CCCCO2. The van der Waals surface area contributed by atoms with E-state index >= 15 is 0 Å². The zero-order valence-corrected chi connectivity index (χ0v) is 11.5. The molecule has 0 aromatic heterocycles. The Kier molecular flexibility index (Phi) is 3.52. The van der Waals surface area contributed by atoms with E-state index in [0.29, 0.717) is 29.9 Å². The molecule has 0 unspecified atom stereocenters. The monoisotopic (exact) mass is 284 g/mol. The fraction of sp³-hybridized carbons (Fsp3) is 0.235. The normalized spacial score (nSPS) is 13.9.